The lowest BCUT2D eigenvalue weighted by atomic mass is 10.2. The van der Waals surface area contributed by atoms with Crippen LogP contribution in [-0.4, -0.2) is 36.8 Å². The molecule has 2 aromatic carbocycles. The summed E-state index contributed by atoms with van der Waals surface area (Å²) in [6.45, 7) is 5.50. The van der Waals surface area contributed by atoms with Gasteiger partial charge >= 0.3 is 0 Å². The summed E-state index contributed by atoms with van der Waals surface area (Å²) in [4.78, 5) is 20.1. The topological polar surface area (TPSA) is 64.8 Å². The molecule has 0 N–H and O–H groups in total. The molecule has 0 saturated carbocycles. The first-order chi connectivity index (χ1) is 15.5. The van der Waals surface area contributed by atoms with E-state index in [1.807, 2.05) is 44.2 Å². The zero-order chi connectivity index (χ0) is 22.2. The molecule has 2 aromatic heterocycles. The summed E-state index contributed by atoms with van der Waals surface area (Å²) in [6, 6.07) is 11.2. The van der Waals surface area contributed by atoms with Crippen molar-refractivity contribution in [2.24, 2.45) is 0 Å². The number of ether oxygens (including phenoxy) is 2. The summed E-state index contributed by atoms with van der Waals surface area (Å²) >= 11 is 7.76. The second kappa shape index (κ2) is 8.73. The number of carbonyl (C=O) groups is 1. The first kappa shape index (κ1) is 21.2. The number of para-hydroxylation sites is 1. The minimum absolute atomic E-state index is 0.0287. The average Bonchev–Trinajstić information content (AvgIpc) is 3.54. The van der Waals surface area contributed by atoms with E-state index in [9.17, 15) is 4.79 Å². The van der Waals surface area contributed by atoms with Gasteiger partial charge in [0.25, 0.3) is 5.91 Å². The molecule has 166 valence electrons. The van der Waals surface area contributed by atoms with Gasteiger partial charge < -0.3 is 13.9 Å². The Bertz CT molecular complexity index is 1290. The molecule has 4 aromatic rings. The number of halogens is 1. The molecule has 1 fully saturated rings. The Kier molecular flexibility index (Phi) is 5.80. The van der Waals surface area contributed by atoms with Crippen molar-refractivity contribution >= 4 is 55.2 Å². The van der Waals surface area contributed by atoms with Crippen LogP contribution in [0.15, 0.2) is 40.8 Å². The third-order valence-electron chi connectivity index (χ3n) is 5.64. The molecule has 3 heterocycles. The molecule has 1 aliphatic heterocycles. The number of amides is 1. The van der Waals surface area contributed by atoms with Crippen molar-refractivity contribution in [1.82, 2.24) is 4.98 Å². The lowest BCUT2D eigenvalue weighted by Gasteiger charge is -2.22. The minimum Gasteiger partial charge on any atom is -0.490 e. The van der Waals surface area contributed by atoms with Crippen LogP contribution in [0.25, 0.3) is 21.2 Å². The minimum atomic E-state index is -0.248. The third-order valence-corrected chi connectivity index (χ3v) is 7.09. The number of thiazole rings is 1. The van der Waals surface area contributed by atoms with Crippen LogP contribution in [0.1, 0.15) is 35.9 Å². The smallest absolute Gasteiger partial charge is 0.295 e. The Morgan fingerprint density at radius 2 is 2.22 bits per heavy atom. The van der Waals surface area contributed by atoms with Gasteiger partial charge in [0.05, 0.1) is 29.5 Å². The lowest BCUT2D eigenvalue weighted by Crippen LogP contribution is -2.37. The van der Waals surface area contributed by atoms with E-state index in [2.05, 4.69) is 0 Å². The van der Waals surface area contributed by atoms with Gasteiger partial charge in [-0.1, -0.05) is 35.1 Å². The van der Waals surface area contributed by atoms with Crippen LogP contribution in [0.3, 0.4) is 0 Å². The van der Waals surface area contributed by atoms with E-state index in [0.29, 0.717) is 41.2 Å². The van der Waals surface area contributed by atoms with E-state index in [1.165, 1.54) is 11.3 Å². The Hall–Kier alpha value is -2.61. The molecule has 8 heteroatoms. The van der Waals surface area contributed by atoms with E-state index >= 15 is 0 Å². The summed E-state index contributed by atoms with van der Waals surface area (Å²) < 4.78 is 18.5. The number of anilines is 1. The van der Waals surface area contributed by atoms with Crippen LogP contribution in [-0.2, 0) is 4.74 Å². The van der Waals surface area contributed by atoms with Crippen molar-refractivity contribution in [3.05, 3.63) is 52.7 Å². The fourth-order valence-corrected chi connectivity index (χ4v) is 5.17. The number of rotatable bonds is 6. The highest BCUT2D eigenvalue weighted by Gasteiger charge is 2.29. The predicted octanol–water partition coefficient (Wildman–Crippen LogP) is 6.23. The van der Waals surface area contributed by atoms with E-state index < -0.39 is 0 Å². The molecule has 1 aliphatic rings. The average molecular weight is 471 g/mol. The summed E-state index contributed by atoms with van der Waals surface area (Å²) in [5, 5.41) is 2.09. The van der Waals surface area contributed by atoms with E-state index in [4.69, 9.17) is 30.5 Å². The molecule has 32 heavy (non-hydrogen) atoms. The summed E-state index contributed by atoms with van der Waals surface area (Å²) in [5.74, 6) is 0.626. The zero-order valence-corrected chi connectivity index (χ0v) is 19.5. The summed E-state index contributed by atoms with van der Waals surface area (Å²) in [5.41, 5.74) is 2.29. The van der Waals surface area contributed by atoms with Crippen molar-refractivity contribution in [1.29, 1.82) is 0 Å². The Balaban J connectivity index is 1.56. The van der Waals surface area contributed by atoms with E-state index in [-0.39, 0.29) is 17.8 Å². The molecule has 0 radical (unpaired) electrons. The highest BCUT2D eigenvalue weighted by atomic mass is 35.5. The fourth-order valence-electron chi connectivity index (χ4n) is 3.99. The first-order valence-electron chi connectivity index (χ1n) is 10.7. The van der Waals surface area contributed by atoms with Gasteiger partial charge in [-0.3, -0.25) is 9.69 Å². The largest absolute Gasteiger partial charge is 0.490 e. The third kappa shape index (κ3) is 3.85. The maximum Gasteiger partial charge on any atom is 0.295 e. The molecule has 1 atom stereocenters. The number of aryl methyl sites for hydroxylation is 1. The molecule has 1 amide bonds. The second-order valence-corrected chi connectivity index (χ2v) is 9.20. The molecule has 0 spiro atoms. The van der Waals surface area contributed by atoms with Crippen LogP contribution >= 0.6 is 22.9 Å². The first-order valence-corrected chi connectivity index (χ1v) is 11.9. The lowest BCUT2D eigenvalue weighted by molar-refractivity contribution is 0.0896. The van der Waals surface area contributed by atoms with Gasteiger partial charge in [-0.2, -0.15) is 0 Å². The number of fused-ring (bicyclic) bond motifs is 2. The fraction of sp³-hybridized carbons (Fsp3) is 0.333. The standard InChI is InChI=1S/C24H23ClN2O4S/c1-3-29-18-8-4-6-15-12-19(31-22(15)18)23(28)27(13-16-7-5-11-30-16)24-26-21-14(2)17(25)9-10-20(21)32-24/h4,6,8-10,12,16H,3,5,7,11,13H2,1-2H3. The Morgan fingerprint density at radius 1 is 1.34 bits per heavy atom. The molecule has 1 unspecified atom stereocenters. The summed E-state index contributed by atoms with van der Waals surface area (Å²) in [6.07, 6.45) is 1.87. The molecular formula is C24H23ClN2O4S. The van der Waals surface area contributed by atoms with E-state index in [0.717, 1.165) is 34.0 Å². The predicted molar refractivity (Wildman–Crippen MR) is 127 cm³/mol. The number of furan rings is 1. The van der Waals surface area contributed by atoms with Crippen LogP contribution in [0.4, 0.5) is 5.13 Å². The van der Waals surface area contributed by atoms with Crippen molar-refractivity contribution in [2.45, 2.75) is 32.8 Å². The quantitative estimate of drug-likeness (QED) is 0.334. The van der Waals surface area contributed by atoms with Gasteiger partial charge in [-0.05, 0) is 56.5 Å². The second-order valence-electron chi connectivity index (χ2n) is 7.78. The van der Waals surface area contributed by atoms with Crippen LogP contribution in [0, 0.1) is 6.92 Å². The Morgan fingerprint density at radius 3 is 3.00 bits per heavy atom. The van der Waals surface area contributed by atoms with Crippen molar-refractivity contribution in [3.63, 3.8) is 0 Å². The van der Waals surface area contributed by atoms with Gasteiger partial charge in [-0.25, -0.2) is 4.98 Å². The van der Waals surface area contributed by atoms with Crippen molar-refractivity contribution in [2.75, 3.05) is 24.7 Å². The number of hydrogen-bond acceptors (Lipinski definition) is 6. The molecule has 0 aliphatic carbocycles. The van der Waals surface area contributed by atoms with Crippen LogP contribution < -0.4 is 9.64 Å². The maximum atomic E-state index is 13.7. The normalized spacial score (nSPS) is 16.2. The number of hydrogen-bond donors (Lipinski definition) is 0. The SMILES string of the molecule is CCOc1cccc2cc(C(=O)N(CC3CCCO3)c3nc4c(C)c(Cl)ccc4s3)oc12. The number of aromatic nitrogens is 1. The van der Waals surface area contributed by atoms with E-state index in [1.54, 1.807) is 11.0 Å². The highest BCUT2D eigenvalue weighted by molar-refractivity contribution is 7.22. The molecule has 5 rings (SSSR count). The molecular weight excluding hydrogens is 448 g/mol. The van der Waals surface area contributed by atoms with Gasteiger partial charge in [0.15, 0.2) is 22.2 Å². The zero-order valence-electron chi connectivity index (χ0n) is 17.9. The van der Waals surface area contributed by atoms with Crippen LogP contribution in [0.5, 0.6) is 5.75 Å². The van der Waals surface area contributed by atoms with Crippen molar-refractivity contribution in [3.8, 4) is 5.75 Å². The monoisotopic (exact) mass is 470 g/mol. The number of benzene rings is 2. The van der Waals surface area contributed by atoms with Gasteiger partial charge in [0.2, 0.25) is 0 Å². The van der Waals surface area contributed by atoms with Crippen LogP contribution in [0.2, 0.25) is 5.02 Å². The van der Waals surface area contributed by atoms with Gasteiger partial charge in [-0.15, -0.1) is 0 Å². The maximum absolute atomic E-state index is 13.7. The highest BCUT2D eigenvalue weighted by Crippen LogP contribution is 2.36. The molecule has 6 nitrogen and oxygen atoms in total. The van der Waals surface area contributed by atoms with Gasteiger partial charge in [0.1, 0.15) is 0 Å². The summed E-state index contributed by atoms with van der Waals surface area (Å²) in [7, 11) is 0. The number of nitrogens with zero attached hydrogens (tertiary/aromatic N) is 2. The van der Waals surface area contributed by atoms with Gasteiger partial charge in [0, 0.05) is 17.0 Å². The molecule has 1 saturated heterocycles. The molecule has 0 bridgehead atoms. The Labute approximate surface area is 194 Å². The number of carbonyl (C=O) groups excluding carboxylic acids is 1. The van der Waals surface area contributed by atoms with Crippen molar-refractivity contribution < 1.29 is 18.7 Å².